The third kappa shape index (κ3) is 3.33. The molecule has 1 N–H and O–H groups in total. The molecular weight excluding hydrogens is 353 g/mol. The van der Waals surface area contributed by atoms with Crippen LogP contribution < -0.4 is 5.32 Å². The van der Waals surface area contributed by atoms with Crippen molar-refractivity contribution in [3.05, 3.63) is 80.5 Å². The minimum absolute atomic E-state index is 0.607. The smallest absolute Gasteiger partial charge is 0.0651 e. The molecule has 0 spiro atoms. The first kappa shape index (κ1) is 15.5. The highest BCUT2D eigenvalue weighted by Crippen LogP contribution is 2.30. The quantitative estimate of drug-likeness (QED) is 0.415. The molecule has 0 aliphatic carbocycles. The summed E-state index contributed by atoms with van der Waals surface area (Å²) in [7, 11) is 0. The lowest BCUT2D eigenvalue weighted by Crippen LogP contribution is -2.00. The van der Waals surface area contributed by atoms with Gasteiger partial charge in [-0.2, -0.15) is 0 Å². The van der Waals surface area contributed by atoms with Gasteiger partial charge in [-0.25, -0.2) is 0 Å². The van der Waals surface area contributed by atoms with E-state index in [9.17, 15) is 0 Å². The van der Waals surface area contributed by atoms with Gasteiger partial charge in [0.1, 0.15) is 0 Å². The van der Waals surface area contributed by atoms with E-state index in [1.165, 1.54) is 11.3 Å². The highest BCUT2D eigenvalue weighted by molar-refractivity contribution is 7.81. The molecule has 1 aromatic heterocycles. The molecule has 0 aliphatic heterocycles. The second-order valence-electron chi connectivity index (χ2n) is 4.61. The van der Waals surface area contributed by atoms with Crippen molar-refractivity contribution in [2.75, 3.05) is 5.32 Å². The van der Waals surface area contributed by atoms with Gasteiger partial charge < -0.3 is 5.32 Å². The maximum atomic E-state index is 6.39. The molecule has 0 bridgehead atoms. The van der Waals surface area contributed by atoms with Crippen LogP contribution in [0.15, 0.2) is 60.0 Å². The first-order chi connectivity index (χ1) is 10.6. The molecule has 0 unspecified atom stereocenters. The Labute approximate surface area is 148 Å². The van der Waals surface area contributed by atoms with E-state index < -0.39 is 0 Å². The van der Waals surface area contributed by atoms with Gasteiger partial charge in [-0.15, -0.1) is 11.3 Å². The fourth-order valence-electron chi connectivity index (χ4n) is 2.04. The lowest BCUT2D eigenvalue weighted by molar-refractivity contribution is 1.54. The van der Waals surface area contributed by atoms with Crippen LogP contribution >= 0.6 is 46.8 Å². The molecule has 5 heteroatoms. The van der Waals surface area contributed by atoms with Crippen LogP contribution in [0.5, 0.6) is 0 Å². The largest absolute Gasteiger partial charge is 0.355 e. The summed E-state index contributed by atoms with van der Waals surface area (Å²) >= 11 is 19.6. The molecule has 0 saturated heterocycles. The minimum Gasteiger partial charge on any atom is -0.355 e. The molecule has 110 valence electrons. The lowest BCUT2D eigenvalue weighted by atomic mass is 10.1. The Morgan fingerprint density at radius 3 is 2.32 bits per heavy atom. The summed E-state index contributed by atoms with van der Waals surface area (Å²) in [4.78, 5) is 1.55. The van der Waals surface area contributed by atoms with E-state index in [0.717, 1.165) is 21.8 Å². The zero-order valence-corrected chi connectivity index (χ0v) is 14.5. The SMILES string of the molecule is S=C(c1ccc(Nc2ccccc2)cc1Cl)c1sccc1Cl. The fourth-order valence-corrected chi connectivity index (χ4v) is 3.97. The summed E-state index contributed by atoms with van der Waals surface area (Å²) in [6.45, 7) is 0. The number of para-hydroxylation sites is 1. The Bertz CT molecular complexity index is 813. The van der Waals surface area contributed by atoms with E-state index in [0.29, 0.717) is 14.9 Å². The van der Waals surface area contributed by atoms with Gasteiger partial charge in [-0.05, 0) is 41.8 Å². The van der Waals surface area contributed by atoms with Gasteiger partial charge in [0.2, 0.25) is 0 Å². The zero-order valence-electron chi connectivity index (χ0n) is 11.3. The second-order valence-corrected chi connectivity index (χ2v) is 6.75. The van der Waals surface area contributed by atoms with E-state index in [2.05, 4.69) is 5.32 Å². The molecule has 3 rings (SSSR count). The molecule has 0 radical (unpaired) electrons. The van der Waals surface area contributed by atoms with Gasteiger partial charge >= 0.3 is 0 Å². The maximum Gasteiger partial charge on any atom is 0.0651 e. The Hall–Kier alpha value is -1.39. The molecule has 2 aromatic carbocycles. The zero-order chi connectivity index (χ0) is 15.5. The molecule has 0 aliphatic rings. The van der Waals surface area contributed by atoms with Crippen molar-refractivity contribution in [3.63, 3.8) is 0 Å². The van der Waals surface area contributed by atoms with Crippen molar-refractivity contribution in [2.24, 2.45) is 0 Å². The topological polar surface area (TPSA) is 12.0 Å². The lowest BCUT2D eigenvalue weighted by Gasteiger charge is -2.10. The Morgan fingerprint density at radius 2 is 1.68 bits per heavy atom. The van der Waals surface area contributed by atoms with Crippen molar-refractivity contribution in [2.45, 2.75) is 0 Å². The third-order valence-electron chi connectivity index (χ3n) is 3.10. The highest BCUT2D eigenvalue weighted by atomic mass is 35.5. The van der Waals surface area contributed by atoms with E-state index >= 15 is 0 Å². The summed E-state index contributed by atoms with van der Waals surface area (Å²) in [6, 6.07) is 17.5. The molecule has 0 atom stereocenters. The summed E-state index contributed by atoms with van der Waals surface area (Å²) < 4.78 is 0. The molecule has 0 saturated carbocycles. The number of hydrogen-bond donors (Lipinski definition) is 1. The molecule has 1 heterocycles. The van der Waals surface area contributed by atoms with Crippen molar-refractivity contribution in [3.8, 4) is 0 Å². The van der Waals surface area contributed by atoms with Gasteiger partial charge in [0.05, 0.1) is 19.8 Å². The second kappa shape index (κ2) is 6.80. The van der Waals surface area contributed by atoms with Crippen LogP contribution in [0.25, 0.3) is 0 Å². The van der Waals surface area contributed by atoms with E-state index in [4.69, 9.17) is 35.4 Å². The number of hydrogen-bond acceptors (Lipinski definition) is 3. The molecule has 1 nitrogen and oxygen atoms in total. The summed E-state index contributed by atoms with van der Waals surface area (Å²) in [5.74, 6) is 0. The Morgan fingerprint density at radius 1 is 0.909 bits per heavy atom. The van der Waals surface area contributed by atoms with Gasteiger partial charge in [0.15, 0.2) is 0 Å². The van der Waals surface area contributed by atoms with E-state index in [-0.39, 0.29) is 0 Å². The number of nitrogens with one attached hydrogen (secondary N) is 1. The molecular formula is C17H11Cl2NS2. The predicted octanol–water partition coefficient (Wildman–Crippen LogP) is 6.56. The summed E-state index contributed by atoms with van der Waals surface area (Å²) in [5, 5.41) is 6.50. The maximum absolute atomic E-state index is 6.39. The van der Waals surface area contributed by atoms with Gasteiger partial charge in [-0.3, -0.25) is 0 Å². The molecule has 22 heavy (non-hydrogen) atoms. The van der Waals surface area contributed by atoms with Crippen LogP contribution in [0.3, 0.4) is 0 Å². The summed E-state index contributed by atoms with van der Waals surface area (Å²) in [5.41, 5.74) is 2.75. The first-order valence-electron chi connectivity index (χ1n) is 6.54. The monoisotopic (exact) mass is 363 g/mol. The first-order valence-corrected chi connectivity index (χ1v) is 8.59. The number of rotatable bonds is 4. The van der Waals surface area contributed by atoms with Gasteiger partial charge in [0.25, 0.3) is 0 Å². The standard InChI is InChI=1S/C17H11Cl2NS2/c18-14-8-9-22-17(14)16(21)13-7-6-12(10-15(13)19)20-11-4-2-1-3-5-11/h1-10,20H. The normalized spacial score (nSPS) is 10.5. The van der Waals surface area contributed by atoms with Crippen molar-refractivity contribution in [1.82, 2.24) is 0 Å². The third-order valence-corrected chi connectivity index (χ3v) is 5.32. The number of thiocarbonyl (C=S) groups is 1. The number of benzene rings is 2. The molecule has 0 amide bonds. The van der Waals surface area contributed by atoms with Crippen molar-refractivity contribution < 1.29 is 0 Å². The van der Waals surface area contributed by atoms with Crippen LogP contribution in [0.2, 0.25) is 10.0 Å². The van der Waals surface area contributed by atoms with Crippen LogP contribution in [-0.2, 0) is 0 Å². The fraction of sp³-hybridized carbons (Fsp3) is 0. The predicted molar refractivity (Wildman–Crippen MR) is 101 cm³/mol. The Balaban J connectivity index is 1.87. The van der Waals surface area contributed by atoms with E-state index in [1.54, 1.807) is 0 Å². The van der Waals surface area contributed by atoms with Gasteiger partial charge in [0, 0.05) is 16.9 Å². The van der Waals surface area contributed by atoms with Crippen LogP contribution in [0, 0.1) is 0 Å². The van der Waals surface area contributed by atoms with Crippen LogP contribution in [0.1, 0.15) is 10.4 Å². The highest BCUT2D eigenvalue weighted by Gasteiger charge is 2.13. The number of anilines is 2. The Kier molecular flexibility index (Phi) is 4.79. The van der Waals surface area contributed by atoms with Crippen LogP contribution in [0.4, 0.5) is 11.4 Å². The van der Waals surface area contributed by atoms with Crippen molar-refractivity contribution >= 4 is 63.0 Å². The van der Waals surface area contributed by atoms with Crippen molar-refractivity contribution in [1.29, 1.82) is 0 Å². The average molecular weight is 364 g/mol. The minimum atomic E-state index is 0.607. The van der Waals surface area contributed by atoms with Gasteiger partial charge in [-0.1, -0.05) is 53.6 Å². The average Bonchev–Trinajstić information content (AvgIpc) is 2.94. The van der Waals surface area contributed by atoms with Crippen LogP contribution in [-0.4, -0.2) is 4.86 Å². The summed E-state index contributed by atoms with van der Waals surface area (Å²) in [6.07, 6.45) is 0. The molecule has 0 fully saturated rings. The van der Waals surface area contributed by atoms with E-state index in [1.807, 2.05) is 60.0 Å². The molecule has 3 aromatic rings. The number of thiophene rings is 1. The number of halogens is 2.